The molecule has 0 saturated carbocycles. The normalized spacial score (nSPS) is 16.7. The maximum Gasteiger partial charge on any atom is 0.128 e. The van der Waals surface area contributed by atoms with Crippen molar-refractivity contribution in [3.05, 3.63) is 0 Å². The first-order valence-corrected chi connectivity index (χ1v) is 54.2. The van der Waals surface area contributed by atoms with Gasteiger partial charge >= 0.3 is 0 Å². The molecule has 0 aromatic rings. The molecule has 0 aliphatic carbocycles. The second-order valence-corrected chi connectivity index (χ2v) is 39.1. The summed E-state index contributed by atoms with van der Waals surface area (Å²) in [5.41, 5.74) is 7.34. The van der Waals surface area contributed by atoms with Gasteiger partial charge in [0, 0.05) is 38.6 Å². The minimum atomic E-state index is -1.39. The quantitative estimate of drug-likeness (QED) is 0.0234. The van der Waals surface area contributed by atoms with E-state index >= 15 is 0 Å². The number of aliphatic hydroxyl groups excluding tert-OH is 16. The van der Waals surface area contributed by atoms with E-state index in [0.717, 1.165) is 91.0 Å². The van der Waals surface area contributed by atoms with E-state index in [1.54, 1.807) is 6.92 Å². The second-order valence-electron chi connectivity index (χ2n) is 34.2. The zero-order valence-corrected chi connectivity index (χ0v) is 86.2. The van der Waals surface area contributed by atoms with Crippen molar-refractivity contribution in [2.75, 3.05) is 310 Å². The van der Waals surface area contributed by atoms with Crippen LogP contribution in [0.1, 0.15) is 163 Å². The van der Waals surface area contributed by atoms with Crippen LogP contribution < -0.4 is 0 Å². The molecule has 17 N–H and O–H groups in total. The summed E-state index contributed by atoms with van der Waals surface area (Å²) in [6.07, 6.45) is 6.28. The Morgan fingerprint density at radius 3 is 0.912 bits per heavy atom. The fraction of sp³-hybridized carbons (Fsp3) is 0.989. The van der Waals surface area contributed by atoms with Gasteiger partial charge in [-0.1, -0.05) is 91.9 Å². The van der Waals surface area contributed by atoms with Gasteiger partial charge in [-0.2, -0.15) is 52.2 Å². The smallest absolute Gasteiger partial charge is 0.128 e. The second kappa shape index (κ2) is 100. The molecule has 0 radical (unpaired) electrons. The maximum atomic E-state index is 10.3. The molecule has 0 heterocycles. The average molecular weight is 2050 g/mol. The van der Waals surface area contributed by atoms with E-state index in [0.29, 0.717) is 39.6 Å². The average Bonchev–Trinajstić information content (AvgIpc) is 0.865. The number of hydrogen-bond donors (Lipinski definition) is 17. The monoisotopic (exact) mass is 2050 g/mol. The minimum Gasteiger partial charge on any atom is -0.394 e. The van der Waals surface area contributed by atoms with Crippen LogP contribution in [0.25, 0.3) is 0 Å². The molecule has 0 aliphatic rings. The fourth-order valence-corrected chi connectivity index (χ4v) is 15.9. The largest absolute Gasteiger partial charge is 0.394 e. The molecule has 0 bridgehead atoms. The van der Waals surface area contributed by atoms with E-state index in [9.17, 15) is 81.7 Å². The summed E-state index contributed by atoms with van der Waals surface area (Å²) < 4.78 is 125. The molecule has 0 saturated heterocycles. The molecule has 39 nitrogen and oxygen atoms in total. The Morgan fingerprint density at radius 2 is 0.551 bits per heavy atom. The first-order chi connectivity index (χ1) is 66.2. The van der Waals surface area contributed by atoms with Gasteiger partial charge in [-0.05, 0) is 117 Å². The summed E-state index contributed by atoms with van der Waals surface area (Å²) in [5.74, 6) is 7.74. The van der Waals surface area contributed by atoms with Gasteiger partial charge in [-0.15, -0.1) is 0 Å². The molecule has 0 aromatic carbocycles. The van der Waals surface area contributed by atoms with E-state index in [1.165, 1.54) is 76.8 Å². The van der Waals surface area contributed by atoms with Gasteiger partial charge in [-0.3, -0.25) is 4.99 Å². The van der Waals surface area contributed by atoms with Crippen LogP contribution in [0.15, 0.2) is 10.1 Å². The zero-order chi connectivity index (χ0) is 100. The summed E-state index contributed by atoms with van der Waals surface area (Å²) >= 11 is 7.70. The predicted octanol–water partition coefficient (Wildman–Crippen LogP) is 3.75. The van der Waals surface area contributed by atoms with E-state index < -0.39 is 168 Å². The third kappa shape index (κ3) is 86.4. The summed E-state index contributed by atoms with van der Waals surface area (Å²) in [6, 6.07) is -1.80. The molecule has 14 unspecified atom stereocenters. The third-order valence-corrected chi connectivity index (χ3v) is 25.0. The first-order valence-electron chi connectivity index (χ1n) is 49.6. The lowest BCUT2D eigenvalue weighted by Crippen LogP contribution is -2.43. The van der Waals surface area contributed by atoms with Gasteiger partial charge in [0.05, 0.1) is 249 Å². The fourth-order valence-electron chi connectivity index (χ4n) is 12.2. The number of aliphatic hydroxyl groups is 16. The van der Waals surface area contributed by atoms with E-state index in [4.69, 9.17) is 105 Å². The predicted molar refractivity (Wildman–Crippen MR) is 526 cm³/mol. The molecular formula is C93H187N3O36S4. The topological polar surface area (TPSA) is 557 Å². The Kier molecular flexibility index (Phi) is 99.6. The number of ether oxygens (including phenoxy) is 20. The number of rotatable bonds is 112. The van der Waals surface area contributed by atoms with Crippen molar-refractivity contribution < 1.29 is 176 Å². The highest BCUT2D eigenvalue weighted by molar-refractivity contribution is 7.99. The summed E-state index contributed by atoms with van der Waals surface area (Å²) in [7, 11) is 0. The van der Waals surface area contributed by atoms with Crippen molar-refractivity contribution in [1.29, 1.82) is 5.53 Å². The minimum absolute atomic E-state index is 0.0384. The highest BCUT2D eigenvalue weighted by Crippen LogP contribution is 2.26. The van der Waals surface area contributed by atoms with Crippen molar-refractivity contribution in [1.82, 2.24) is 0 Å². The number of thioether (sulfide) groups is 4. The Balaban J connectivity index is 8.60. The van der Waals surface area contributed by atoms with E-state index in [2.05, 4.69) is 32.8 Å². The SMILES string of the molecule is CCCCCCCCCSCCCOCC(COCC(COCC(COCCCSCCC)OCCCSCCCC)N=CC(COC(COC(COC(COCC(O)CO)COCC(O)CO)COC(COCC(O)CO)COCC(O)CO)COC(C)(CCC(COCC(O)CO)COCC(O)CO)COC(COCC(O)CO)COCC(O)CO)N=N)OCCCSCCCCCC. The van der Waals surface area contributed by atoms with Crippen LogP contribution in [-0.4, -0.2) is 507 Å². The van der Waals surface area contributed by atoms with Crippen molar-refractivity contribution >= 4 is 53.3 Å². The van der Waals surface area contributed by atoms with Gasteiger partial charge < -0.3 is 176 Å². The number of nitrogens with zero attached hydrogens (tertiary/aromatic N) is 2. The third-order valence-electron chi connectivity index (χ3n) is 20.3. The van der Waals surface area contributed by atoms with Crippen molar-refractivity contribution in [3.63, 3.8) is 0 Å². The summed E-state index contributed by atoms with van der Waals surface area (Å²) in [4.78, 5) is 5.03. The molecule has 0 rings (SSSR count). The number of aliphatic imine (C=N–C) groups is 1. The van der Waals surface area contributed by atoms with Gasteiger partial charge in [0.15, 0.2) is 0 Å². The zero-order valence-electron chi connectivity index (χ0n) is 82.9. The van der Waals surface area contributed by atoms with Gasteiger partial charge in [-0.25, -0.2) is 5.53 Å². The first kappa shape index (κ1) is 135. The molecule has 14 atom stereocenters. The number of nitrogens with one attached hydrogen (secondary N) is 1. The van der Waals surface area contributed by atoms with Crippen molar-refractivity contribution in [2.24, 2.45) is 16.0 Å². The van der Waals surface area contributed by atoms with Gasteiger partial charge in [0.25, 0.3) is 0 Å². The molecule has 43 heteroatoms. The van der Waals surface area contributed by atoms with Crippen molar-refractivity contribution in [3.8, 4) is 0 Å². The summed E-state index contributed by atoms with van der Waals surface area (Å²) in [5, 5.41) is 163. The Bertz CT molecular complexity index is 2330. The van der Waals surface area contributed by atoms with Crippen LogP contribution in [0.3, 0.4) is 0 Å². The molecular weight excluding hydrogens is 1860 g/mol. The molecule has 0 spiro atoms. The van der Waals surface area contributed by atoms with E-state index in [1.807, 2.05) is 47.0 Å². The van der Waals surface area contributed by atoms with Crippen LogP contribution in [0.5, 0.6) is 0 Å². The molecule has 0 aliphatic heterocycles. The molecule has 0 amide bonds. The van der Waals surface area contributed by atoms with Crippen LogP contribution in [0.2, 0.25) is 0 Å². The van der Waals surface area contributed by atoms with Crippen LogP contribution in [0.4, 0.5) is 0 Å². The summed E-state index contributed by atoms with van der Waals surface area (Å²) in [6.45, 7) is 2.95. The molecule has 0 aromatic heterocycles. The lowest BCUT2D eigenvalue weighted by Gasteiger charge is -2.35. The Morgan fingerprint density at radius 1 is 0.272 bits per heavy atom. The van der Waals surface area contributed by atoms with E-state index in [-0.39, 0.29) is 185 Å². The molecule has 814 valence electrons. The van der Waals surface area contributed by atoms with Gasteiger partial charge in [0.1, 0.15) is 97.6 Å². The molecule has 136 heavy (non-hydrogen) atoms. The molecule has 0 fully saturated rings. The highest BCUT2D eigenvalue weighted by atomic mass is 32.2. The number of hydrogen-bond acceptors (Lipinski definition) is 43. The van der Waals surface area contributed by atoms with Crippen LogP contribution in [0, 0.1) is 11.4 Å². The van der Waals surface area contributed by atoms with Gasteiger partial charge in [0.2, 0.25) is 0 Å². The van der Waals surface area contributed by atoms with Crippen molar-refractivity contribution in [2.45, 2.75) is 272 Å². The highest BCUT2D eigenvalue weighted by Gasteiger charge is 2.33. The Hall–Kier alpha value is -0.770. The lowest BCUT2D eigenvalue weighted by molar-refractivity contribution is -0.173. The van der Waals surface area contributed by atoms with Crippen LogP contribution in [-0.2, 0) is 94.7 Å². The lowest BCUT2D eigenvalue weighted by atomic mass is 9.94. The standard InChI is InChI=1S/C93H187N3O36S4/c1-6-10-13-15-16-17-19-33-135-35-21-27-114-61-87(126-29-23-37-136-32-18-14-11-7-2)63-118-50-77(49-117-62-86(60-113-26-20-34-133-30-9-4)125-28-22-36-134-31-12-8-3)95-38-76(96-94)51-127-92(72-130-91(70-128-88(64-119-54-80(107)41-99)65-120-55-81(108)42-100)71-129-89(66-121-56-82(109)43-101)67-122-57-83(110)44-102)73-132-93(5,25-24-75(47-115-52-78(105)39-97)48-116-53-79(106)40-98)74-131-90(68-123-58-84(111)45-103)69-124-59-85(112)46-104/h38,75-92,94,97-112H,6-37,39-74H2,1-5H3. The number of unbranched alkanes of at least 4 members (excludes halogenated alkanes) is 10. The Labute approximate surface area is 829 Å². The van der Waals surface area contributed by atoms with Crippen LogP contribution >= 0.6 is 47.0 Å². The maximum absolute atomic E-state index is 10.3.